The average Bonchev–Trinajstić information content (AvgIpc) is 3.11. The van der Waals surface area contributed by atoms with Gasteiger partial charge in [-0.15, -0.1) is 0 Å². The van der Waals surface area contributed by atoms with E-state index in [2.05, 4.69) is 10.1 Å². The number of nitrogens with zero attached hydrogens (tertiary/aromatic N) is 2. The summed E-state index contributed by atoms with van der Waals surface area (Å²) in [5.41, 5.74) is 2.52. The van der Waals surface area contributed by atoms with Crippen molar-refractivity contribution in [3.63, 3.8) is 0 Å². The van der Waals surface area contributed by atoms with Crippen LogP contribution in [0.3, 0.4) is 0 Å². The maximum atomic E-state index is 13.0. The third-order valence-electron chi connectivity index (χ3n) is 4.53. The van der Waals surface area contributed by atoms with Crippen molar-refractivity contribution in [1.29, 1.82) is 0 Å². The van der Waals surface area contributed by atoms with E-state index in [1.807, 2.05) is 48.5 Å². The quantitative estimate of drug-likeness (QED) is 0.519. The molecule has 1 aromatic heterocycles. The Labute approximate surface area is 157 Å². The molecule has 138 valence electrons. The van der Waals surface area contributed by atoms with Crippen LogP contribution >= 0.6 is 0 Å². The molecule has 1 aliphatic rings. The topological polar surface area (TPSA) is 64.8 Å². The fourth-order valence-corrected chi connectivity index (χ4v) is 3.17. The summed E-state index contributed by atoms with van der Waals surface area (Å²) >= 11 is 0. The van der Waals surface area contributed by atoms with Gasteiger partial charge in [0.2, 0.25) is 0 Å². The Hall–Kier alpha value is -3.12. The SMILES string of the molecule is Cc1onc(-c2ccccc2)c1C(=O)Oc1ccccc1N1CCOCC1. The summed E-state index contributed by atoms with van der Waals surface area (Å²) in [6.45, 7) is 4.55. The van der Waals surface area contributed by atoms with Crippen LogP contribution in [0.4, 0.5) is 5.69 Å². The number of aromatic nitrogens is 1. The maximum absolute atomic E-state index is 13.0. The number of carbonyl (C=O) groups is 1. The lowest BCUT2D eigenvalue weighted by Crippen LogP contribution is -2.36. The van der Waals surface area contributed by atoms with Gasteiger partial charge in [-0.3, -0.25) is 0 Å². The fourth-order valence-electron chi connectivity index (χ4n) is 3.17. The van der Waals surface area contributed by atoms with Crippen LogP contribution in [0.5, 0.6) is 5.75 Å². The monoisotopic (exact) mass is 364 g/mol. The van der Waals surface area contributed by atoms with Crippen molar-refractivity contribution >= 4 is 11.7 Å². The van der Waals surface area contributed by atoms with Gasteiger partial charge in [0.25, 0.3) is 0 Å². The molecule has 0 atom stereocenters. The van der Waals surface area contributed by atoms with Gasteiger partial charge in [0.15, 0.2) is 5.75 Å². The highest BCUT2D eigenvalue weighted by atomic mass is 16.5. The molecule has 0 saturated carbocycles. The number of morpholine rings is 1. The van der Waals surface area contributed by atoms with E-state index in [9.17, 15) is 4.79 Å². The number of hydrogen-bond acceptors (Lipinski definition) is 6. The molecular formula is C21H20N2O4. The average molecular weight is 364 g/mol. The summed E-state index contributed by atoms with van der Waals surface area (Å²) in [5.74, 6) is 0.472. The van der Waals surface area contributed by atoms with Gasteiger partial charge < -0.3 is 18.9 Å². The highest BCUT2D eigenvalue weighted by molar-refractivity contribution is 5.98. The number of aryl methyl sites for hydroxylation is 1. The molecular weight excluding hydrogens is 344 g/mol. The number of rotatable bonds is 4. The minimum absolute atomic E-state index is 0.345. The van der Waals surface area contributed by atoms with Crippen molar-refractivity contribution in [3.8, 4) is 17.0 Å². The van der Waals surface area contributed by atoms with Crippen LogP contribution in [-0.4, -0.2) is 37.4 Å². The standard InChI is InChI=1S/C21H20N2O4/c1-15-19(20(22-27-15)16-7-3-2-4-8-16)21(24)26-18-10-6-5-9-17(18)23-11-13-25-14-12-23/h2-10H,11-14H2,1H3. The molecule has 4 rings (SSSR count). The van der Waals surface area contributed by atoms with Crippen LogP contribution in [0.25, 0.3) is 11.3 Å². The van der Waals surface area contributed by atoms with E-state index in [1.54, 1.807) is 13.0 Å². The fraction of sp³-hybridized carbons (Fsp3) is 0.238. The molecule has 0 aliphatic carbocycles. The molecule has 6 heteroatoms. The maximum Gasteiger partial charge on any atom is 0.349 e. The summed E-state index contributed by atoms with van der Waals surface area (Å²) < 4.78 is 16.5. The van der Waals surface area contributed by atoms with Gasteiger partial charge >= 0.3 is 5.97 Å². The van der Waals surface area contributed by atoms with Crippen LogP contribution in [0, 0.1) is 6.92 Å². The van der Waals surface area contributed by atoms with Crippen LogP contribution in [0.1, 0.15) is 16.1 Å². The lowest BCUT2D eigenvalue weighted by molar-refractivity contribution is 0.0733. The molecule has 2 heterocycles. The second-order valence-electron chi connectivity index (χ2n) is 6.29. The van der Waals surface area contributed by atoms with E-state index < -0.39 is 5.97 Å². The van der Waals surface area contributed by atoms with E-state index in [0.717, 1.165) is 24.3 Å². The van der Waals surface area contributed by atoms with E-state index in [4.69, 9.17) is 14.0 Å². The number of ether oxygens (including phenoxy) is 2. The first-order valence-electron chi connectivity index (χ1n) is 8.89. The Morgan fingerprint density at radius 3 is 2.52 bits per heavy atom. The van der Waals surface area contributed by atoms with Crippen LogP contribution in [0.15, 0.2) is 59.1 Å². The molecule has 1 aliphatic heterocycles. The summed E-state index contributed by atoms with van der Waals surface area (Å²) in [7, 11) is 0. The van der Waals surface area contributed by atoms with E-state index in [-0.39, 0.29) is 0 Å². The first kappa shape index (κ1) is 17.3. The van der Waals surface area contributed by atoms with Crippen molar-refractivity contribution in [2.75, 3.05) is 31.2 Å². The number of benzene rings is 2. The van der Waals surface area contributed by atoms with Gasteiger partial charge in [-0.05, 0) is 19.1 Å². The molecule has 6 nitrogen and oxygen atoms in total. The summed E-state index contributed by atoms with van der Waals surface area (Å²) in [6, 6.07) is 17.0. The minimum atomic E-state index is -0.478. The van der Waals surface area contributed by atoms with Crippen LogP contribution < -0.4 is 9.64 Å². The molecule has 2 aromatic carbocycles. The third kappa shape index (κ3) is 3.57. The molecule has 0 unspecified atom stereocenters. The predicted octanol–water partition coefficient (Wildman–Crippen LogP) is 3.71. The summed E-state index contributed by atoms with van der Waals surface area (Å²) in [6.07, 6.45) is 0. The van der Waals surface area contributed by atoms with Crippen LogP contribution in [-0.2, 0) is 4.74 Å². The largest absolute Gasteiger partial charge is 0.421 e. The zero-order valence-electron chi connectivity index (χ0n) is 15.1. The number of anilines is 1. The molecule has 0 amide bonds. The molecule has 27 heavy (non-hydrogen) atoms. The number of hydrogen-bond donors (Lipinski definition) is 0. The summed E-state index contributed by atoms with van der Waals surface area (Å²) in [4.78, 5) is 15.1. The van der Waals surface area contributed by atoms with Gasteiger partial charge in [-0.2, -0.15) is 0 Å². The van der Waals surface area contributed by atoms with Crippen molar-refractivity contribution in [2.45, 2.75) is 6.92 Å². The van der Waals surface area contributed by atoms with Gasteiger partial charge in [0.05, 0.1) is 18.9 Å². The molecule has 1 saturated heterocycles. The van der Waals surface area contributed by atoms with E-state index in [1.165, 1.54) is 0 Å². The van der Waals surface area contributed by atoms with Crippen LogP contribution in [0.2, 0.25) is 0 Å². The number of esters is 1. The minimum Gasteiger partial charge on any atom is -0.421 e. The van der Waals surface area contributed by atoms with Crippen molar-refractivity contribution in [2.24, 2.45) is 0 Å². The Kier molecular flexibility index (Phi) is 4.89. The normalized spacial score (nSPS) is 14.2. The highest BCUT2D eigenvalue weighted by Crippen LogP contribution is 2.31. The predicted molar refractivity (Wildman–Crippen MR) is 101 cm³/mol. The molecule has 0 radical (unpaired) electrons. The lowest BCUT2D eigenvalue weighted by Gasteiger charge is -2.29. The second kappa shape index (κ2) is 7.63. The summed E-state index contributed by atoms with van der Waals surface area (Å²) in [5, 5.41) is 4.06. The lowest BCUT2D eigenvalue weighted by atomic mass is 10.1. The smallest absolute Gasteiger partial charge is 0.349 e. The zero-order chi connectivity index (χ0) is 18.6. The number of carbonyl (C=O) groups excluding carboxylic acids is 1. The first-order chi connectivity index (χ1) is 13.2. The van der Waals surface area contributed by atoms with Gasteiger partial charge in [0, 0.05) is 18.7 Å². The second-order valence-corrected chi connectivity index (χ2v) is 6.29. The highest BCUT2D eigenvalue weighted by Gasteiger charge is 2.25. The Bertz CT molecular complexity index is 930. The molecule has 3 aromatic rings. The van der Waals surface area contributed by atoms with E-state index in [0.29, 0.717) is 36.0 Å². The zero-order valence-corrected chi connectivity index (χ0v) is 15.1. The first-order valence-corrected chi connectivity index (χ1v) is 8.89. The van der Waals surface area contributed by atoms with Crippen molar-refractivity contribution in [1.82, 2.24) is 5.16 Å². The Morgan fingerprint density at radius 1 is 1.04 bits per heavy atom. The third-order valence-corrected chi connectivity index (χ3v) is 4.53. The van der Waals surface area contributed by atoms with Crippen molar-refractivity contribution in [3.05, 3.63) is 65.9 Å². The molecule has 0 spiro atoms. The van der Waals surface area contributed by atoms with Gasteiger partial charge in [-0.25, -0.2) is 4.79 Å². The van der Waals surface area contributed by atoms with E-state index >= 15 is 0 Å². The molecule has 0 N–H and O–H groups in total. The van der Waals surface area contributed by atoms with Crippen molar-refractivity contribution < 1.29 is 18.8 Å². The Balaban J connectivity index is 1.64. The Morgan fingerprint density at radius 2 is 1.74 bits per heavy atom. The van der Waals surface area contributed by atoms with Gasteiger partial charge in [0.1, 0.15) is 17.0 Å². The molecule has 1 fully saturated rings. The molecule has 0 bridgehead atoms. The number of para-hydroxylation sites is 2. The van der Waals surface area contributed by atoms with Gasteiger partial charge in [-0.1, -0.05) is 47.6 Å².